The number of fused-ring (bicyclic) bond motifs is 2. The van der Waals surface area contributed by atoms with E-state index >= 15 is 0 Å². The van der Waals surface area contributed by atoms with Crippen molar-refractivity contribution in [3.8, 4) is 40.1 Å². The summed E-state index contributed by atoms with van der Waals surface area (Å²) in [6.07, 6.45) is 0.204. The minimum absolute atomic E-state index is 0.204. The first kappa shape index (κ1) is 15.9. The molecule has 0 spiro atoms. The fourth-order valence-corrected chi connectivity index (χ4v) is 4.17. The molecule has 5 nitrogen and oxygen atoms in total. The predicted octanol–water partition coefficient (Wildman–Crippen LogP) is 4.66. The quantitative estimate of drug-likeness (QED) is 0.521. The molecule has 0 saturated heterocycles. The van der Waals surface area contributed by atoms with Crippen LogP contribution in [0.15, 0.2) is 47.8 Å². The lowest BCUT2D eigenvalue weighted by Crippen LogP contribution is -1.95. The maximum absolute atomic E-state index is 13.3. The summed E-state index contributed by atoms with van der Waals surface area (Å²) >= 11 is 1.49. The second-order valence-corrected chi connectivity index (χ2v) is 6.89. The van der Waals surface area contributed by atoms with Crippen molar-refractivity contribution in [1.29, 1.82) is 5.26 Å². The monoisotopic (exact) mass is 377 g/mol. The summed E-state index contributed by atoms with van der Waals surface area (Å²) in [5.41, 5.74) is 4.17. The maximum atomic E-state index is 13.3. The van der Waals surface area contributed by atoms with Gasteiger partial charge >= 0.3 is 0 Å². The number of nitriles is 1. The van der Waals surface area contributed by atoms with E-state index in [2.05, 4.69) is 6.07 Å². The number of thiazole rings is 1. The van der Waals surface area contributed by atoms with Crippen LogP contribution in [0.4, 0.5) is 4.39 Å². The number of benzene rings is 2. The maximum Gasteiger partial charge on any atom is 0.231 e. The molecule has 0 N–H and O–H groups in total. The summed E-state index contributed by atoms with van der Waals surface area (Å²) < 4.78 is 26.1. The van der Waals surface area contributed by atoms with Gasteiger partial charge in [0.15, 0.2) is 16.5 Å². The highest BCUT2D eigenvalue weighted by Crippen LogP contribution is 2.38. The summed E-state index contributed by atoms with van der Waals surface area (Å²) in [7, 11) is 0. The third kappa shape index (κ3) is 2.54. The molecule has 3 heterocycles. The number of ether oxygens (including phenoxy) is 2. The molecule has 132 valence electrons. The van der Waals surface area contributed by atoms with Gasteiger partial charge in [0.25, 0.3) is 0 Å². The Morgan fingerprint density at radius 1 is 1.11 bits per heavy atom. The Bertz CT molecular complexity index is 1200. The smallest absolute Gasteiger partial charge is 0.231 e. The van der Waals surface area contributed by atoms with E-state index in [1.165, 1.54) is 23.5 Å². The van der Waals surface area contributed by atoms with Gasteiger partial charge in [-0.2, -0.15) is 5.26 Å². The zero-order chi connectivity index (χ0) is 18.4. The summed E-state index contributed by atoms with van der Waals surface area (Å²) in [5.74, 6) is 1.09. The third-order valence-electron chi connectivity index (χ3n) is 4.49. The van der Waals surface area contributed by atoms with Gasteiger partial charge in [-0.3, -0.25) is 4.40 Å². The number of aromatic nitrogens is 2. The van der Waals surface area contributed by atoms with Gasteiger partial charge in [-0.05, 0) is 48.0 Å². The highest BCUT2D eigenvalue weighted by Gasteiger charge is 2.21. The number of nitrogens with zero attached hydrogens (tertiary/aromatic N) is 3. The zero-order valence-electron chi connectivity index (χ0n) is 14.0. The van der Waals surface area contributed by atoms with Crippen molar-refractivity contribution < 1.29 is 13.9 Å². The van der Waals surface area contributed by atoms with Crippen LogP contribution in [-0.2, 0) is 6.42 Å². The van der Waals surface area contributed by atoms with Gasteiger partial charge in [0.05, 0.1) is 29.6 Å². The van der Waals surface area contributed by atoms with Gasteiger partial charge in [0, 0.05) is 10.9 Å². The first-order valence-electron chi connectivity index (χ1n) is 8.26. The van der Waals surface area contributed by atoms with E-state index in [9.17, 15) is 9.65 Å². The Kier molecular flexibility index (Phi) is 3.59. The molecule has 0 amide bonds. The molecule has 0 fully saturated rings. The SMILES string of the molecule is N#CCc1c(-c2ccc3c(c2)OCO3)nc2scc(-c3ccc(F)cc3)n12. The number of rotatable bonds is 3. The van der Waals surface area contributed by atoms with E-state index < -0.39 is 0 Å². The molecule has 7 heteroatoms. The van der Waals surface area contributed by atoms with Crippen molar-refractivity contribution in [2.24, 2.45) is 0 Å². The van der Waals surface area contributed by atoms with E-state index in [-0.39, 0.29) is 19.0 Å². The number of imidazole rings is 1. The highest BCUT2D eigenvalue weighted by molar-refractivity contribution is 7.15. The van der Waals surface area contributed by atoms with Crippen LogP contribution in [0.3, 0.4) is 0 Å². The lowest BCUT2D eigenvalue weighted by molar-refractivity contribution is 0.174. The van der Waals surface area contributed by atoms with E-state index in [0.29, 0.717) is 11.5 Å². The molecule has 0 radical (unpaired) electrons. The predicted molar refractivity (Wildman–Crippen MR) is 99.3 cm³/mol. The summed E-state index contributed by atoms with van der Waals surface area (Å²) in [4.78, 5) is 5.54. The molecule has 1 aliphatic rings. The van der Waals surface area contributed by atoms with E-state index in [4.69, 9.17) is 14.5 Å². The molecular formula is C20H12FN3O2S. The normalized spacial score (nSPS) is 12.4. The summed E-state index contributed by atoms with van der Waals surface area (Å²) in [6, 6.07) is 14.2. The molecule has 27 heavy (non-hydrogen) atoms. The molecular weight excluding hydrogens is 365 g/mol. The minimum atomic E-state index is -0.283. The average Bonchev–Trinajstić information content (AvgIpc) is 3.38. The summed E-state index contributed by atoms with van der Waals surface area (Å²) in [5, 5.41) is 11.3. The summed E-state index contributed by atoms with van der Waals surface area (Å²) in [6.45, 7) is 0.205. The Morgan fingerprint density at radius 3 is 2.70 bits per heavy atom. The van der Waals surface area contributed by atoms with Crippen molar-refractivity contribution in [1.82, 2.24) is 9.38 Å². The minimum Gasteiger partial charge on any atom is -0.454 e. The Morgan fingerprint density at radius 2 is 1.89 bits per heavy atom. The van der Waals surface area contributed by atoms with Crippen molar-refractivity contribution in [3.05, 3.63) is 59.4 Å². The van der Waals surface area contributed by atoms with Crippen LogP contribution in [0, 0.1) is 17.1 Å². The lowest BCUT2D eigenvalue weighted by atomic mass is 10.1. The van der Waals surface area contributed by atoms with Crippen molar-refractivity contribution in [2.45, 2.75) is 6.42 Å². The van der Waals surface area contributed by atoms with Gasteiger partial charge < -0.3 is 9.47 Å². The second-order valence-electron chi connectivity index (χ2n) is 6.06. The largest absolute Gasteiger partial charge is 0.454 e. The number of hydrogen-bond donors (Lipinski definition) is 0. The second kappa shape index (κ2) is 6.11. The molecule has 1 aliphatic heterocycles. The van der Waals surface area contributed by atoms with Crippen LogP contribution in [0.2, 0.25) is 0 Å². The molecule has 0 saturated carbocycles. The first-order valence-corrected chi connectivity index (χ1v) is 9.14. The standard InChI is InChI=1S/C20H12FN3O2S/c21-14-4-1-12(2-5-14)16-10-27-20-23-19(15(7-8-22)24(16)20)13-3-6-17-18(9-13)26-11-25-17/h1-6,9-10H,7,11H2. The molecule has 0 atom stereocenters. The number of hydrogen-bond acceptors (Lipinski definition) is 5. The van der Waals surface area contributed by atoms with Crippen molar-refractivity contribution in [2.75, 3.05) is 6.79 Å². The van der Waals surface area contributed by atoms with Crippen molar-refractivity contribution in [3.63, 3.8) is 0 Å². The van der Waals surface area contributed by atoms with Gasteiger partial charge in [-0.15, -0.1) is 11.3 Å². The van der Waals surface area contributed by atoms with E-state index in [1.807, 2.05) is 28.0 Å². The molecule has 0 bridgehead atoms. The van der Waals surface area contributed by atoms with Crippen molar-refractivity contribution >= 4 is 16.3 Å². The Hall–Kier alpha value is -3.37. The topological polar surface area (TPSA) is 59.5 Å². The lowest BCUT2D eigenvalue weighted by Gasteiger charge is -2.05. The third-order valence-corrected chi connectivity index (χ3v) is 5.32. The van der Waals surface area contributed by atoms with Crippen LogP contribution < -0.4 is 9.47 Å². The van der Waals surface area contributed by atoms with E-state index in [0.717, 1.165) is 33.2 Å². The van der Waals surface area contributed by atoms with Crippen LogP contribution in [0.25, 0.3) is 27.5 Å². The molecule has 2 aromatic heterocycles. The molecule has 5 rings (SSSR count). The van der Waals surface area contributed by atoms with Gasteiger partial charge in [-0.25, -0.2) is 9.37 Å². The van der Waals surface area contributed by atoms with Gasteiger partial charge in [-0.1, -0.05) is 0 Å². The molecule has 2 aromatic carbocycles. The van der Waals surface area contributed by atoms with E-state index in [1.54, 1.807) is 12.1 Å². The fourth-order valence-electron chi connectivity index (χ4n) is 3.25. The van der Waals surface area contributed by atoms with Gasteiger partial charge in [0.2, 0.25) is 6.79 Å². The van der Waals surface area contributed by atoms with Crippen LogP contribution in [0.5, 0.6) is 11.5 Å². The first-order chi connectivity index (χ1) is 13.2. The molecule has 0 aliphatic carbocycles. The van der Waals surface area contributed by atoms with Gasteiger partial charge in [0.1, 0.15) is 5.82 Å². The Labute approximate surface area is 157 Å². The molecule has 4 aromatic rings. The molecule has 0 unspecified atom stereocenters. The van der Waals surface area contributed by atoms with Crippen LogP contribution in [-0.4, -0.2) is 16.2 Å². The van der Waals surface area contributed by atoms with Crippen LogP contribution in [0.1, 0.15) is 5.69 Å². The Balaban J connectivity index is 1.71. The fraction of sp³-hybridized carbons (Fsp3) is 0.100. The number of halogens is 1. The zero-order valence-corrected chi connectivity index (χ0v) is 14.8. The van der Waals surface area contributed by atoms with Crippen LogP contribution >= 0.6 is 11.3 Å². The highest BCUT2D eigenvalue weighted by atomic mass is 32.1. The average molecular weight is 377 g/mol.